The largest absolute Gasteiger partial charge is 0.497 e. The van der Waals surface area contributed by atoms with Gasteiger partial charge in [0.15, 0.2) is 4.80 Å². The van der Waals surface area contributed by atoms with Crippen molar-refractivity contribution < 1.29 is 14.3 Å². The molecule has 1 aromatic heterocycles. The van der Waals surface area contributed by atoms with Crippen LogP contribution in [0.5, 0.6) is 11.5 Å². The number of thiazole rings is 1. The number of rotatable bonds is 7. The second-order valence-electron chi connectivity index (χ2n) is 6.16. The van der Waals surface area contributed by atoms with Crippen molar-refractivity contribution >= 4 is 27.5 Å². The molecule has 0 aliphatic carbocycles. The van der Waals surface area contributed by atoms with Crippen LogP contribution in [-0.4, -0.2) is 24.2 Å². The molecule has 0 radical (unpaired) electrons. The highest BCUT2D eigenvalue weighted by Gasteiger charge is 2.10. The Hall–Kier alpha value is -3.04. The molecule has 3 rings (SSSR count). The first kappa shape index (κ1) is 19.7. The van der Waals surface area contributed by atoms with Crippen LogP contribution in [0.15, 0.2) is 47.5 Å². The SMILES string of the molecule is C#CCn1c(=NC(=O)c2cccc(OCCCC)c2)sc2cc(OC)ccc21. The number of methoxy groups -OCH3 is 1. The number of benzene rings is 2. The summed E-state index contributed by atoms with van der Waals surface area (Å²) in [5, 5.41) is 0. The van der Waals surface area contributed by atoms with Gasteiger partial charge in [0.1, 0.15) is 11.5 Å². The summed E-state index contributed by atoms with van der Waals surface area (Å²) in [7, 11) is 1.62. The zero-order valence-corrected chi connectivity index (χ0v) is 16.8. The molecule has 1 amide bonds. The molecular formula is C22H22N2O3S. The number of fused-ring (bicyclic) bond motifs is 1. The monoisotopic (exact) mass is 394 g/mol. The number of hydrogen-bond acceptors (Lipinski definition) is 4. The number of nitrogens with zero attached hydrogens (tertiary/aromatic N) is 2. The van der Waals surface area contributed by atoms with Crippen molar-refractivity contribution in [2.45, 2.75) is 26.3 Å². The summed E-state index contributed by atoms with van der Waals surface area (Å²) < 4.78 is 13.8. The van der Waals surface area contributed by atoms with Crippen LogP contribution in [0.3, 0.4) is 0 Å². The average molecular weight is 394 g/mol. The van der Waals surface area contributed by atoms with Crippen molar-refractivity contribution in [3.05, 3.63) is 52.8 Å². The van der Waals surface area contributed by atoms with Crippen LogP contribution in [0, 0.1) is 12.3 Å². The molecule has 0 atom stereocenters. The Morgan fingerprint density at radius 2 is 2.11 bits per heavy atom. The molecule has 1 heterocycles. The fourth-order valence-corrected chi connectivity index (χ4v) is 3.77. The van der Waals surface area contributed by atoms with Crippen molar-refractivity contribution in [3.8, 4) is 23.8 Å². The van der Waals surface area contributed by atoms with E-state index in [1.165, 1.54) is 11.3 Å². The van der Waals surface area contributed by atoms with E-state index in [0.29, 0.717) is 29.3 Å². The van der Waals surface area contributed by atoms with Gasteiger partial charge in [-0.1, -0.05) is 36.7 Å². The smallest absolute Gasteiger partial charge is 0.279 e. The maximum atomic E-state index is 12.7. The number of terminal acetylenes is 1. The molecule has 144 valence electrons. The van der Waals surface area contributed by atoms with Crippen LogP contribution in [0.2, 0.25) is 0 Å². The lowest BCUT2D eigenvalue weighted by Crippen LogP contribution is -2.16. The Labute approximate surface area is 168 Å². The lowest BCUT2D eigenvalue weighted by molar-refractivity contribution is 0.0997. The summed E-state index contributed by atoms with van der Waals surface area (Å²) in [5.41, 5.74) is 1.41. The second-order valence-corrected chi connectivity index (χ2v) is 7.16. The number of carbonyl (C=O) groups excluding carboxylic acids is 1. The normalized spacial score (nSPS) is 11.4. The third-order valence-electron chi connectivity index (χ3n) is 4.18. The van der Waals surface area contributed by atoms with Gasteiger partial charge in [-0.2, -0.15) is 4.99 Å². The summed E-state index contributed by atoms with van der Waals surface area (Å²) >= 11 is 1.41. The number of hydrogen-bond donors (Lipinski definition) is 0. The first-order chi connectivity index (χ1) is 13.7. The number of amides is 1. The number of ether oxygens (including phenoxy) is 2. The fourth-order valence-electron chi connectivity index (χ4n) is 2.71. The minimum atomic E-state index is -0.328. The second kappa shape index (κ2) is 9.25. The lowest BCUT2D eigenvalue weighted by atomic mass is 10.2. The van der Waals surface area contributed by atoms with Crippen LogP contribution in [-0.2, 0) is 6.54 Å². The molecule has 0 fully saturated rings. The topological polar surface area (TPSA) is 52.8 Å². The van der Waals surface area contributed by atoms with Gasteiger partial charge in [0, 0.05) is 5.56 Å². The van der Waals surface area contributed by atoms with Crippen LogP contribution in [0.4, 0.5) is 0 Å². The van der Waals surface area contributed by atoms with Crippen molar-refractivity contribution in [1.82, 2.24) is 4.57 Å². The third-order valence-corrected chi connectivity index (χ3v) is 5.23. The van der Waals surface area contributed by atoms with Crippen molar-refractivity contribution in [2.75, 3.05) is 13.7 Å². The molecule has 0 saturated heterocycles. The Bertz CT molecular complexity index is 1090. The zero-order valence-electron chi connectivity index (χ0n) is 16.0. The molecule has 5 nitrogen and oxygen atoms in total. The van der Waals surface area contributed by atoms with Crippen LogP contribution in [0.25, 0.3) is 10.2 Å². The van der Waals surface area contributed by atoms with Gasteiger partial charge in [-0.3, -0.25) is 4.79 Å². The van der Waals surface area contributed by atoms with E-state index in [4.69, 9.17) is 15.9 Å². The zero-order chi connectivity index (χ0) is 19.9. The van der Waals surface area contributed by atoms with Gasteiger partial charge >= 0.3 is 0 Å². The van der Waals surface area contributed by atoms with Gasteiger partial charge in [-0.15, -0.1) is 6.42 Å². The first-order valence-corrected chi connectivity index (χ1v) is 9.90. The van der Waals surface area contributed by atoms with Gasteiger partial charge in [-0.05, 0) is 42.8 Å². The van der Waals surface area contributed by atoms with E-state index >= 15 is 0 Å². The highest BCUT2D eigenvalue weighted by molar-refractivity contribution is 7.16. The highest BCUT2D eigenvalue weighted by atomic mass is 32.1. The number of carbonyl (C=O) groups is 1. The van der Waals surface area contributed by atoms with E-state index in [1.54, 1.807) is 25.3 Å². The van der Waals surface area contributed by atoms with Crippen LogP contribution < -0.4 is 14.3 Å². The minimum absolute atomic E-state index is 0.328. The summed E-state index contributed by atoms with van der Waals surface area (Å²) in [4.78, 5) is 17.6. The molecule has 0 bridgehead atoms. The van der Waals surface area contributed by atoms with Crippen molar-refractivity contribution in [1.29, 1.82) is 0 Å². The van der Waals surface area contributed by atoms with Gasteiger partial charge in [-0.25, -0.2) is 0 Å². The molecule has 0 spiro atoms. The van der Waals surface area contributed by atoms with Crippen LogP contribution in [0.1, 0.15) is 30.1 Å². The van der Waals surface area contributed by atoms with E-state index < -0.39 is 0 Å². The van der Waals surface area contributed by atoms with Crippen molar-refractivity contribution in [3.63, 3.8) is 0 Å². The Kier molecular flexibility index (Phi) is 6.51. The Morgan fingerprint density at radius 1 is 1.25 bits per heavy atom. The van der Waals surface area contributed by atoms with Gasteiger partial charge in [0.25, 0.3) is 5.91 Å². The van der Waals surface area contributed by atoms with E-state index in [9.17, 15) is 4.79 Å². The highest BCUT2D eigenvalue weighted by Crippen LogP contribution is 2.23. The van der Waals surface area contributed by atoms with Gasteiger partial charge in [0.05, 0.1) is 30.5 Å². The number of unbranched alkanes of at least 4 members (excludes halogenated alkanes) is 1. The van der Waals surface area contributed by atoms with Crippen LogP contribution >= 0.6 is 11.3 Å². The van der Waals surface area contributed by atoms with Gasteiger partial charge in [0.2, 0.25) is 0 Å². The predicted molar refractivity (Wildman–Crippen MR) is 112 cm³/mol. The standard InChI is InChI=1S/C22H22N2O3S/c1-4-6-13-27-18-9-7-8-16(14-18)21(25)23-22-24(12-5-2)19-11-10-17(26-3)15-20(19)28-22/h2,7-11,14-15H,4,6,12-13H2,1,3H3. The predicted octanol–water partition coefficient (Wildman–Crippen LogP) is 4.26. The van der Waals surface area contributed by atoms with E-state index in [0.717, 1.165) is 28.8 Å². The lowest BCUT2D eigenvalue weighted by Gasteiger charge is -2.06. The average Bonchev–Trinajstić information content (AvgIpc) is 3.05. The van der Waals surface area contributed by atoms with Gasteiger partial charge < -0.3 is 14.0 Å². The Balaban J connectivity index is 1.97. The molecule has 0 N–H and O–H groups in total. The molecule has 6 heteroatoms. The first-order valence-electron chi connectivity index (χ1n) is 9.09. The molecule has 0 aliphatic heterocycles. The summed E-state index contributed by atoms with van der Waals surface area (Å²) in [6, 6.07) is 12.8. The maximum absolute atomic E-state index is 12.7. The molecule has 0 saturated carbocycles. The molecule has 0 aliphatic rings. The molecule has 2 aromatic carbocycles. The van der Waals surface area contributed by atoms with Crippen molar-refractivity contribution in [2.24, 2.45) is 4.99 Å². The maximum Gasteiger partial charge on any atom is 0.279 e. The number of aromatic nitrogens is 1. The van der Waals surface area contributed by atoms with E-state index in [-0.39, 0.29) is 5.91 Å². The summed E-state index contributed by atoms with van der Waals surface area (Å²) in [5.74, 6) is 3.72. The summed E-state index contributed by atoms with van der Waals surface area (Å²) in [6.07, 6.45) is 7.55. The minimum Gasteiger partial charge on any atom is -0.497 e. The molecule has 3 aromatic rings. The fraction of sp³-hybridized carbons (Fsp3) is 0.273. The Morgan fingerprint density at radius 3 is 2.86 bits per heavy atom. The molecule has 28 heavy (non-hydrogen) atoms. The van der Waals surface area contributed by atoms with E-state index in [1.807, 2.05) is 28.8 Å². The van der Waals surface area contributed by atoms with E-state index in [2.05, 4.69) is 17.8 Å². The third kappa shape index (κ3) is 4.44. The molecular weight excluding hydrogens is 372 g/mol. The molecule has 0 unspecified atom stereocenters. The summed E-state index contributed by atoms with van der Waals surface area (Å²) in [6.45, 7) is 3.07. The quantitative estimate of drug-likeness (QED) is 0.444.